The van der Waals surface area contributed by atoms with Crippen LogP contribution in [0.2, 0.25) is 5.02 Å². The summed E-state index contributed by atoms with van der Waals surface area (Å²) in [7, 11) is 0. The molecular weight excluding hydrogens is 500 g/mol. The molecule has 2 fully saturated rings. The van der Waals surface area contributed by atoms with E-state index in [2.05, 4.69) is 10.3 Å². The van der Waals surface area contributed by atoms with E-state index in [1.54, 1.807) is 6.20 Å². The summed E-state index contributed by atoms with van der Waals surface area (Å²) in [6.07, 6.45) is 5.19. The molecule has 4 amide bonds. The molecular formula is C26H25ClN4O4S. The van der Waals surface area contributed by atoms with Crippen LogP contribution in [0.1, 0.15) is 36.1 Å². The van der Waals surface area contributed by atoms with Crippen LogP contribution < -0.4 is 10.1 Å². The quantitative estimate of drug-likeness (QED) is 0.547. The summed E-state index contributed by atoms with van der Waals surface area (Å²) in [5.41, 5.74) is 3.41. The monoisotopic (exact) mass is 524 g/mol. The maximum Gasteiger partial charge on any atom is 0.324 e. The molecule has 3 aliphatic rings. The van der Waals surface area contributed by atoms with Crippen molar-refractivity contribution in [1.82, 2.24) is 20.1 Å². The Balaban J connectivity index is 1.33. The summed E-state index contributed by atoms with van der Waals surface area (Å²) in [5.74, 6) is 0.536. The molecule has 0 spiro atoms. The predicted molar refractivity (Wildman–Crippen MR) is 137 cm³/mol. The SMILES string of the molecule is O=C(C1Cc2cc(Cl)cc(-c3ccnc4cc(CN5C(=O)CCNC5=O)sc34)c2O1)N1CCCCC1. The fraction of sp³-hybridized carbons (Fsp3) is 0.385. The van der Waals surface area contributed by atoms with Crippen LogP contribution in [0.15, 0.2) is 30.5 Å². The number of pyridine rings is 1. The number of ether oxygens (including phenoxy) is 1. The molecule has 1 unspecified atom stereocenters. The smallest absolute Gasteiger partial charge is 0.324 e. The highest BCUT2D eigenvalue weighted by atomic mass is 35.5. The van der Waals surface area contributed by atoms with Crippen molar-refractivity contribution < 1.29 is 19.1 Å². The number of nitrogens with one attached hydrogen (secondary N) is 1. The van der Waals surface area contributed by atoms with E-state index in [-0.39, 0.29) is 24.4 Å². The van der Waals surface area contributed by atoms with E-state index in [1.165, 1.54) is 16.2 Å². The molecule has 10 heteroatoms. The van der Waals surface area contributed by atoms with Gasteiger partial charge in [-0.25, -0.2) is 4.79 Å². The molecule has 3 aromatic rings. The number of likely N-dealkylation sites (tertiary alicyclic amines) is 1. The third-order valence-corrected chi connectivity index (χ3v) is 8.33. The Morgan fingerprint density at radius 3 is 2.81 bits per heavy atom. The van der Waals surface area contributed by atoms with Gasteiger partial charge in [-0.2, -0.15) is 0 Å². The highest BCUT2D eigenvalue weighted by Gasteiger charge is 2.35. The Bertz CT molecular complexity index is 1370. The first-order chi connectivity index (χ1) is 17.5. The Labute approximate surface area is 217 Å². The number of halogens is 1. The summed E-state index contributed by atoms with van der Waals surface area (Å²) in [6, 6.07) is 7.19. The second-order valence-corrected chi connectivity index (χ2v) is 11.0. The predicted octanol–water partition coefficient (Wildman–Crippen LogP) is 4.37. The number of benzene rings is 1. The van der Waals surface area contributed by atoms with E-state index < -0.39 is 6.10 Å². The number of fused-ring (bicyclic) bond motifs is 2. The van der Waals surface area contributed by atoms with E-state index in [1.807, 2.05) is 29.2 Å². The summed E-state index contributed by atoms with van der Waals surface area (Å²) < 4.78 is 7.21. The van der Waals surface area contributed by atoms with Gasteiger partial charge in [0.25, 0.3) is 5.91 Å². The van der Waals surface area contributed by atoms with E-state index >= 15 is 0 Å². The molecule has 1 aromatic carbocycles. The van der Waals surface area contributed by atoms with Gasteiger partial charge in [-0.05, 0) is 43.5 Å². The highest BCUT2D eigenvalue weighted by Crippen LogP contribution is 2.45. The van der Waals surface area contributed by atoms with Gasteiger partial charge in [0, 0.05) is 65.3 Å². The molecule has 3 aliphatic heterocycles. The van der Waals surface area contributed by atoms with Gasteiger partial charge in [-0.15, -0.1) is 11.3 Å². The molecule has 1 atom stereocenters. The summed E-state index contributed by atoms with van der Waals surface area (Å²) >= 11 is 8.01. The van der Waals surface area contributed by atoms with Gasteiger partial charge >= 0.3 is 6.03 Å². The first kappa shape index (κ1) is 23.2. The lowest BCUT2D eigenvalue weighted by Crippen LogP contribution is -2.49. The van der Waals surface area contributed by atoms with Gasteiger partial charge in [0.1, 0.15) is 5.75 Å². The number of carbonyl (C=O) groups excluding carboxylic acids is 3. The fourth-order valence-electron chi connectivity index (χ4n) is 5.19. The third-order valence-electron chi connectivity index (χ3n) is 6.97. The number of hydrogen-bond donors (Lipinski definition) is 1. The number of carbonyl (C=O) groups is 3. The Morgan fingerprint density at radius 1 is 1.17 bits per heavy atom. The normalized spacial score (nSPS) is 19.9. The van der Waals surface area contributed by atoms with Crippen molar-refractivity contribution >= 4 is 51.0 Å². The Hall–Kier alpha value is -3.17. The summed E-state index contributed by atoms with van der Waals surface area (Å²) in [4.78, 5) is 46.1. The van der Waals surface area contributed by atoms with E-state index in [9.17, 15) is 14.4 Å². The van der Waals surface area contributed by atoms with Crippen molar-refractivity contribution in [1.29, 1.82) is 0 Å². The zero-order chi connectivity index (χ0) is 24.8. The zero-order valence-corrected chi connectivity index (χ0v) is 21.2. The minimum atomic E-state index is -0.546. The number of amides is 4. The number of nitrogens with zero attached hydrogens (tertiary/aromatic N) is 3. The molecule has 0 radical (unpaired) electrons. The molecule has 5 heterocycles. The van der Waals surface area contributed by atoms with E-state index in [0.29, 0.717) is 30.2 Å². The second-order valence-electron chi connectivity index (χ2n) is 9.39. The lowest BCUT2D eigenvalue weighted by molar-refractivity contribution is -0.138. The van der Waals surface area contributed by atoms with Crippen LogP contribution >= 0.6 is 22.9 Å². The number of urea groups is 1. The van der Waals surface area contributed by atoms with Crippen LogP contribution in [0.25, 0.3) is 21.3 Å². The average Bonchev–Trinajstić information content (AvgIpc) is 3.49. The van der Waals surface area contributed by atoms with Crippen LogP contribution in [-0.4, -0.2) is 58.4 Å². The standard InChI is InChI=1S/C26H25ClN4O4S/c27-16-10-15-11-21(25(33)30-8-2-1-3-9-30)35-23(15)19(12-16)18-4-6-28-20-13-17(36-24(18)20)14-31-22(32)5-7-29-26(31)34/h4,6,10,12-13,21H,1-3,5,7-9,11,14H2,(H,29,34). The van der Waals surface area contributed by atoms with Crippen molar-refractivity contribution in [2.75, 3.05) is 19.6 Å². The molecule has 186 valence electrons. The zero-order valence-electron chi connectivity index (χ0n) is 19.6. The maximum absolute atomic E-state index is 13.2. The largest absolute Gasteiger partial charge is 0.479 e. The molecule has 2 saturated heterocycles. The minimum absolute atomic E-state index is 0.0377. The molecule has 0 aliphatic carbocycles. The van der Waals surface area contributed by atoms with Crippen molar-refractivity contribution in [3.63, 3.8) is 0 Å². The summed E-state index contributed by atoms with van der Waals surface area (Å²) in [6.45, 7) is 2.13. The number of piperidine rings is 1. The molecule has 2 aromatic heterocycles. The van der Waals surface area contributed by atoms with Gasteiger partial charge in [-0.3, -0.25) is 19.5 Å². The van der Waals surface area contributed by atoms with Crippen molar-refractivity contribution in [3.05, 3.63) is 45.9 Å². The van der Waals surface area contributed by atoms with Gasteiger partial charge in [0.05, 0.1) is 16.8 Å². The Morgan fingerprint density at radius 2 is 2.00 bits per heavy atom. The van der Waals surface area contributed by atoms with Crippen molar-refractivity contribution in [2.24, 2.45) is 0 Å². The van der Waals surface area contributed by atoms with Crippen LogP contribution in [0.4, 0.5) is 4.79 Å². The average molecular weight is 525 g/mol. The van der Waals surface area contributed by atoms with Crippen LogP contribution in [0.3, 0.4) is 0 Å². The van der Waals surface area contributed by atoms with Gasteiger partial charge in [-0.1, -0.05) is 11.6 Å². The molecule has 0 saturated carbocycles. The lowest BCUT2D eigenvalue weighted by Gasteiger charge is -2.28. The number of rotatable bonds is 4. The van der Waals surface area contributed by atoms with Crippen molar-refractivity contribution in [3.8, 4) is 16.9 Å². The van der Waals surface area contributed by atoms with Crippen LogP contribution in [-0.2, 0) is 22.6 Å². The Kier molecular flexibility index (Phi) is 6.05. The minimum Gasteiger partial charge on any atom is -0.479 e. The number of thiophene rings is 1. The van der Waals surface area contributed by atoms with E-state index in [4.69, 9.17) is 16.3 Å². The third kappa shape index (κ3) is 4.20. The number of aromatic nitrogens is 1. The van der Waals surface area contributed by atoms with Gasteiger partial charge in [0.2, 0.25) is 5.91 Å². The molecule has 0 bridgehead atoms. The molecule has 8 nitrogen and oxygen atoms in total. The topological polar surface area (TPSA) is 91.8 Å². The fourth-order valence-corrected chi connectivity index (χ4v) is 6.56. The first-order valence-corrected chi connectivity index (χ1v) is 13.4. The lowest BCUT2D eigenvalue weighted by atomic mass is 10.0. The molecule has 36 heavy (non-hydrogen) atoms. The van der Waals surface area contributed by atoms with Gasteiger partial charge < -0.3 is 15.0 Å². The van der Waals surface area contributed by atoms with Crippen molar-refractivity contribution in [2.45, 2.75) is 44.8 Å². The highest BCUT2D eigenvalue weighted by molar-refractivity contribution is 7.19. The first-order valence-electron chi connectivity index (χ1n) is 12.2. The van der Waals surface area contributed by atoms with Crippen LogP contribution in [0, 0.1) is 0 Å². The van der Waals surface area contributed by atoms with E-state index in [0.717, 1.165) is 64.1 Å². The number of hydrogen-bond acceptors (Lipinski definition) is 6. The summed E-state index contributed by atoms with van der Waals surface area (Å²) in [5, 5.41) is 3.30. The van der Waals surface area contributed by atoms with Gasteiger partial charge in [0.15, 0.2) is 6.10 Å². The van der Waals surface area contributed by atoms with Crippen LogP contribution in [0.5, 0.6) is 5.75 Å². The maximum atomic E-state index is 13.2. The molecule has 6 rings (SSSR count). The second kappa shape index (κ2) is 9.37. The number of imide groups is 1. The molecule has 1 N–H and O–H groups in total.